The number of nitrogens with one attached hydrogen (secondary N) is 1. The lowest BCUT2D eigenvalue weighted by Gasteiger charge is -2.29. The van der Waals surface area contributed by atoms with Crippen LogP contribution in [0.1, 0.15) is 18.8 Å². The van der Waals surface area contributed by atoms with Gasteiger partial charge in [0.15, 0.2) is 17.9 Å². The molecule has 1 fully saturated rings. The number of nitrogens with zero attached hydrogens (tertiary/aromatic N) is 3. The average molecular weight is 538 g/mol. The highest BCUT2D eigenvalue weighted by Gasteiger charge is 2.47. The van der Waals surface area contributed by atoms with E-state index in [4.69, 9.17) is 30.9 Å². The fraction of sp³-hybridized carbons (Fsp3) is 0.636. The number of amidine groups is 1. The van der Waals surface area contributed by atoms with Crippen molar-refractivity contribution < 1.29 is 61.4 Å². The van der Waals surface area contributed by atoms with Gasteiger partial charge in [-0.2, -0.15) is 8.62 Å². The average Bonchev–Trinajstić information content (AvgIpc) is 3.11. The monoisotopic (exact) mass is 538 g/mol. The zero-order valence-corrected chi connectivity index (χ0v) is 19.2. The summed E-state index contributed by atoms with van der Waals surface area (Å²) in [7, 11) is -16.7. The standard InChI is InChI=1S/C11H21N6O13P3/c1-11(13)15-8(12)5-9(16-11)17(3-14-5)10-7(19)6(18)4(28-10)2-27-32(23,24)30-33(25,26)29-31(20,21)22/h3-4,6-7,10,16,18-19H,2,13H2,1H3,(H2,12,15)(H,23,24)(H,25,26)(H2,20,21,22). The summed E-state index contributed by atoms with van der Waals surface area (Å²) in [5, 5.41) is 23.4. The maximum Gasteiger partial charge on any atom is 0.490 e. The summed E-state index contributed by atoms with van der Waals surface area (Å²) in [5.74, 6) is -1.14. The number of anilines is 1. The van der Waals surface area contributed by atoms with Gasteiger partial charge in [0.25, 0.3) is 0 Å². The molecule has 0 aromatic carbocycles. The maximum absolute atomic E-state index is 11.8. The van der Waals surface area contributed by atoms with E-state index in [1.807, 2.05) is 0 Å². The molecule has 0 amide bonds. The van der Waals surface area contributed by atoms with Crippen LogP contribution in [0.15, 0.2) is 11.3 Å². The molecular weight excluding hydrogens is 517 g/mol. The second-order valence-electron chi connectivity index (χ2n) is 7.05. The van der Waals surface area contributed by atoms with E-state index in [2.05, 4.69) is 28.4 Å². The van der Waals surface area contributed by atoms with Crippen molar-refractivity contribution >= 4 is 35.1 Å². The summed E-state index contributed by atoms with van der Waals surface area (Å²) in [4.78, 5) is 43.7. The Bertz CT molecular complexity index is 1090. The molecule has 11 N–H and O–H groups in total. The van der Waals surface area contributed by atoms with E-state index in [0.29, 0.717) is 0 Å². The lowest BCUT2D eigenvalue weighted by atomic mass is 10.1. The number of imidazole rings is 1. The lowest BCUT2D eigenvalue weighted by Crippen LogP contribution is -2.48. The molecule has 2 aliphatic rings. The number of phosphoric ester groups is 1. The smallest absolute Gasteiger partial charge is 0.387 e. The summed E-state index contributed by atoms with van der Waals surface area (Å²) < 4.78 is 52.2. The molecule has 19 nitrogen and oxygen atoms in total. The molecule has 7 unspecified atom stereocenters. The molecule has 0 aliphatic carbocycles. The number of aliphatic imine (C=N–C) groups is 1. The summed E-state index contributed by atoms with van der Waals surface area (Å²) >= 11 is 0. The first-order valence-corrected chi connectivity index (χ1v) is 13.2. The van der Waals surface area contributed by atoms with Crippen LogP contribution >= 0.6 is 23.5 Å². The molecule has 0 saturated carbocycles. The van der Waals surface area contributed by atoms with Crippen molar-refractivity contribution in [2.75, 3.05) is 11.9 Å². The Kier molecular flexibility index (Phi) is 6.98. The van der Waals surface area contributed by atoms with Crippen molar-refractivity contribution in [1.29, 1.82) is 0 Å². The minimum absolute atomic E-state index is 0.00950. The minimum atomic E-state index is -5.72. The lowest BCUT2D eigenvalue weighted by molar-refractivity contribution is -0.0511. The number of hydrogen-bond donors (Lipinski definition) is 9. The van der Waals surface area contributed by atoms with Crippen LogP contribution in [-0.4, -0.2) is 75.9 Å². The molecule has 188 valence electrons. The van der Waals surface area contributed by atoms with E-state index in [0.717, 1.165) is 0 Å². The van der Waals surface area contributed by atoms with Crippen molar-refractivity contribution in [1.82, 2.24) is 9.55 Å². The highest BCUT2D eigenvalue weighted by atomic mass is 31.3. The molecule has 0 bridgehead atoms. The van der Waals surface area contributed by atoms with E-state index in [1.54, 1.807) is 0 Å². The van der Waals surface area contributed by atoms with Gasteiger partial charge in [0.05, 0.1) is 12.9 Å². The third-order valence-electron chi connectivity index (χ3n) is 4.19. The van der Waals surface area contributed by atoms with Crippen molar-refractivity contribution in [2.24, 2.45) is 16.5 Å². The Labute approximate surface area is 184 Å². The number of hydrogen-bond acceptors (Lipinski definition) is 14. The van der Waals surface area contributed by atoms with Crippen LogP contribution in [0.25, 0.3) is 0 Å². The number of nitrogens with two attached hydrogens (primary N) is 2. The van der Waals surface area contributed by atoms with Crippen LogP contribution in [0.5, 0.6) is 0 Å². The van der Waals surface area contributed by atoms with Crippen LogP contribution in [-0.2, 0) is 31.6 Å². The fourth-order valence-corrected chi connectivity index (χ4v) is 6.03. The Morgan fingerprint density at radius 2 is 1.82 bits per heavy atom. The number of aliphatic hydroxyl groups excluding tert-OH is 2. The van der Waals surface area contributed by atoms with Gasteiger partial charge in [-0.1, -0.05) is 0 Å². The molecule has 22 heteroatoms. The summed E-state index contributed by atoms with van der Waals surface area (Å²) in [6.07, 6.45) is -4.91. The van der Waals surface area contributed by atoms with Gasteiger partial charge in [-0.15, -0.1) is 0 Å². The zero-order valence-electron chi connectivity index (χ0n) is 16.5. The van der Waals surface area contributed by atoms with E-state index in [-0.39, 0.29) is 17.3 Å². The van der Waals surface area contributed by atoms with Gasteiger partial charge in [-0.3, -0.25) is 14.8 Å². The molecule has 1 saturated heterocycles. The highest BCUT2D eigenvalue weighted by Crippen LogP contribution is 2.66. The number of aliphatic hydroxyl groups is 2. The van der Waals surface area contributed by atoms with Gasteiger partial charge < -0.3 is 45.6 Å². The largest absolute Gasteiger partial charge is 0.490 e. The van der Waals surface area contributed by atoms with Gasteiger partial charge in [-0.25, -0.2) is 23.7 Å². The van der Waals surface area contributed by atoms with Gasteiger partial charge in [0.2, 0.25) is 0 Å². The SMILES string of the molecule is CC1(N)N=C(N)c2ncn(C3OC(COP(=O)(O)OP(=O)(O)OP(=O)(O)O)C(O)C3O)c2N1. The quantitative estimate of drug-likeness (QED) is 0.156. The van der Waals surface area contributed by atoms with Gasteiger partial charge in [0.1, 0.15) is 29.8 Å². The van der Waals surface area contributed by atoms with Crippen molar-refractivity contribution in [3.8, 4) is 0 Å². The van der Waals surface area contributed by atoms with E-state index >= 15 is 0 Å². The number of rotatable bonds is 8. The Morgan fingerprint density at radius 3 is 2.42 bits per heavy atom. The molecule has 3 rings (SSSR count). The maximum atomic E-state index is 11.8. The number of phosphoric acid groups is 3. The van der Waals surface area contributed by atoms with Gasteiger partial charge in [0, 0.05) is 0 Å². The molecule has 1 aromatic rings. The van der Waals surface area contributed by atoms with E-state index in [1.165, 1.54) is 17.8 Å². The molecule has 0 radical (unpaired) electrons. The molecule has 3 heterocycles. The van der Waals surface area contributed by atoms with Crippen LogP contribution in [0, 0.1) is 0 Å². The van der Waals surface area contributed by atoms with Crippen LogP contribution in [0.4, 0.5) is 5.82 Å². The molecule has 0 spiro atoms. The van der Waals surface area contributed by atoms with Crippen molar-refractivity contribution in [3.05, 3.63) is 12.0 Å². The highest BCUT2D eigenvalue weighted by molar-refractivity contribution is 7.66. The Hall–Kier alpha value is -1.27. The van der Waals surface area contributed by atoms with Gasteiger partial charge >= 0.3 is 23.5 Å². The molecule has 33 heavy (non-hydrogen) atoms. The number of fused-ring (bicyclic) bond motifs is 1. The number of aromatic nitrogens is 2. The predicted octanol–water partition coefficient (Wildman–Crippen LogP) is -2.39. The van der Waals surface area contributed by atoms with E-state index < -0.39 is 60.4 Å². The Morgan fingerprint density at radius 1 is 1.18 bits per heavy atom. The summed E-state index contributed by atoms with van der Waals surface area (Å²) in [5.41, 5.74) is 11.9. The van der Waals surface area contributed by atoms with E-state index in [9.17, 15) is 28.8 Å². The topological polar surface area (TPSA) is 304 Å². The fourth-order valence-electron chi connectivity index (χ4n) is 3.00. The second-order valence-corrected chi connectivity index (χ2v) is 11.5. The van der Waals surface area contributed by atoms with Crippen LogP contribution in [0.2, 0.25) is 0 Å². The normalized spacial score (nSPS) is 33.5. The third-order valence-corrected chi connectivity index (χ3v) is 7.99. The molecular formula is C11H21N6O13P3. The first-order chi connectivity index (χ1) is 14.9. The third kappa shape index (κ3) is 6.25. The molecule has 7 atom stereocenters. The number of ether oxygens (including phenoxy) is 1. The van der Waals surface area contributed by atoms with Crippen molar-refractivity contribution in [2.45, 2.75) is 37.3 Å². The summed E-state index contributed by atoms with van der Waals surface area (Å²) in [6, 6.07) is 0. The van der Waals surface area contributed by atoms with Gasteiger partial charge in [-0.05, 0) is 6.92 Å². The zero-order chi connectivity index (χ0) is 25.0. The van der Waals surface area contributed by atoms with Crippen LogP contribution in [0.3, 0.4) is 0 Å². The minimum Gasteiger partial charge on any atom is -0.387 e. The first-order valence-electron chi connectivity index (χ1n) is 8.69. The molecule has 2 aliphatic heterocycles. The van der Waals surface area contributed by atoms with Crippen LogP contribution < -0.4 is 16.8 Å². The molecule has 1 aromatic heterocycles. The predicted molar refractivity (Wildman–Crippen MR) is 105 cm³/mol. The Balaban J connectivity index is 1.70. The second kappa shape index (κ2) is 8.75. The summed E-state index contributed by atoms with van der Waals surface area (Å²) in [6.45, 7) is 0.521. The van der Waals surface area contributed by atoms with Crippen molar-refractivity contribution in [3.63, 3.8) is 0 Å². The first kappa shape index (κ1) is 26.3.